The lowest BCUT2D eigenvalue weighted by Crippen LogP contribution is -2.45. The highest BCUT2D eigenvalue weighted by molar-refractivity contribution is 5.78. The Morgan fingerprint density at radius 3 is 2.56 bits per heavy atom. The SMILES string of the molecule is CCC1(CNC(=O)N2CCC(C(=O)O)C2C)CC1. The molecule has 5 nitrogen and oxygen atoms in total. The first-order valence-corrected chi connectivity index (χ1v) is 6.76. The van der Waals surface area contributed by atoms with Crippen molar-refractivity contribution >= 4 is 12.0 Å². The molecule has 2 N–H and O–H groups in total. The van der Waals surface area contributed by atoms with E-state index < -0.39 is 11.9 Å². The zero-order chi connectivity index (χ0) is 13.3. The molecule has 0 radical (unpaired) electrons. The Hall–Kier alpha value is -1.26. The summed E-state index contributed by atoms with van der Waals surface area (Å²) >= 11 is 0. The highest BCUT2D eigenvalue weighted by Crippen LogP contribution is 2.47. The second kappa shape index (κ2) is 4.78. The third-order valence-electron chi connectivity index (χ3n) is 4.65. The summed E-state index contributed by atoms with van der Waals surface area (Å²) in [7, 11) is 0. The fraction of sp³-hybridized carbons (Fsp3) is 0.846. The molecule has 1 aliphatic carbocycles. The van der Waals surface area contributed by atoms with Crippen LogP contribution >= 0.6 is 0 Å². The van der Waals surface area contributed by atoms with Gasteiger partial charge in [-0.05, 0) is 38.0 Å². The molecule has 1 saturated carbocycles. The molecular formula is C13H22N2O3. The summed E-state index contributed by atoms with van der Waals surface area (Å²) in [6, 6.07) is -0.315. The van der Waals surface area contributed by atoms with Gasteiger partial charge in [-0.15, -0.1) is 0 Å². The zero-order valence-corrected chi connectivity index (χ0v) is 11.1. The monoisotopic (exact) mass is 254 g/mol. The molecule has 1 aliphatic heterocycles. The van der Waals surface area contributed by atoms with E-state index in [1.54, 1.807) is 4.90 Å². The molecule has 102 valence electrons. The molecule has 2 fully saturated rings. The van der Waals surface area contributed by atoms with Gasteiger partial charge in [0.2, 0.25) is 0 Å². The standard InChI is InChI=1S/C13H22N2O3/c1-3-13(5-6-13)8-14-12(18)15-7-4-10(9(15)2)11(16)17/h9-10H,3-8H2,1-2H3,(H,14,18)(H,16,17). The Balaban J connectivity index is 1.85. The summed E-state index contributed by atoms with van der Waals surface area (Å²) in [5, 5.41) is 12.0. The van der Waals surface area contributed by atoms with Gasteiger partial charge in [0.05, 0.1) is 5.92 Å². The van der Waals surface area contributed by atoms with Crippen molar-refractivity contribution in [2.24, 2.45) is 11.3 Å². The number of carbonyl (C=O) groups is 2. The van der Waals surface area contributed by atoms with Crippen LogP contribution in [0.2, 0.25) is 0 Å². The number of likely N-dealkylation sites (tertiary alicyclic amines) is 1. The van der Waals surface area contributed by atoms with Crippen LogP contribution < -0.4 is 5.32 Å². The van der Waals surface area contributed by atoms with Crippen molar-refractivity contribution in [2.75, 3.05) is 13.1 Å². The predicted molar refractivity (Wildman–Crippen MR) is 67.3 cm³/mol. The van der Waals surface area contributed by atoms with Gasteiger partial charge >= 0.3 is 12.0 Å². The highest BCUT2D eigenvalue weighted by Gasteiger charge is 2.42. The molecule has 0 aromatic heterocycles. The first kappa shape index (κ1) is 13.2. The Morgan fingerprint density at radius 1 is 1.44 bits per heavy atom. The number of rotatable bonds is 4. The summed E-state index contributed by atoms with van der Waals surface area (Å²) < 4.78 is 0. The van der Waals surface area contributed by atoms with Crippen molar-refractivity contribution in [3.8, 4) is 0 Å². The van der Waals surface area contributed by atoms with E-state index in [-0.39, 0.29) is 12.1 Å². The van der Waals surface area contributed by atoms with Crippen molar-refractivity contribution in [2.45, 2.75) is 45.6 Å². The third-order valence-corrected chi connectivity index (χ3v) is 4.65. The smallest absolute Gasteiger partial charge is 0.317 e. The van der Waals surface area contributed by atoms with Crippen LogP contribution in [0.3, 0.4) is 0 Å². The number of hydrogen-bond acceptors (Lipinski definition) is 2. The van der Waals surface area contributed by atoms with Crippen molar-refractivity contribution < 1.29 is 14.7 Å². The summed E-state index contributed by atoms with van der Waals surface area (Å²) in [5.74, 6) is -1.22. The average molecular weight is 254 g/mol. The van der Waals surface area contributed by atoms with Crippen molar-refractivity contribution in [1.82, 2.24) is 10.2 Å². The molecule has 2 rings (SSSR count). The molecule has 0 spiro atoms. The van der Waals surface area contributed by atoms with Crippen LogP contribution in [-0.4, -0.2) is 41.1 Å². The number of carboxylic acid groups (broad SMARTS) is 1. The Bertz CT molecular complexity index is 352. The van der Waals surface area contributed by atoms with E-state index >= 15 is 0 Å². The fourth-order valence-corrected chi connectivity index (χ4v) is 2.75. The van der Waals surface area contributed by atoms with E-state index in [4.69, 9.17) is 5.11 Å². The average Bonchev–Trinajstić information content (AvgIpc) is 3.02. The molecule has 2 amide bonds. The molecular weight excluding hydrogens is 232 g/mol. The van der Waals surface area contributed by atoms with Crippen LogP contribution in [0.15, 0.2) is 0 Å². The van der Waals surface area contributed by atoms with Crippen LogP contribution in [0.1, 0.15) is 39.5 Å². The zero-order valence-electron chi connectivity index (χ0n) is 11.1. The maximum Gasteiger partial charge on any atom is 0.317 e. The Morgan fingerprint density at radius 2 is 2.11 bits per heavy atom. The largest absolute Gasteiger partial charge is 0.481 e. The molecule has 1 saturated heterocycles. The number of aliphatic carboxylic acids is 1. The van der Waals surface area contributed by atoms with Gasteiger partial charge in [-0.25, -0.2) is 4.79 Å². The minimum Gasteiger partial charge on any atom is -0.481 e. The van der Waals surface area contributed by atoms with Crippen molar-refractivity contribution in [3.05, 3.63) is 0 Å². The van der Waals surface area contributed by atoms with E-state index in [1.165, 1.54) is 12.8 Å². The van der Waals surface area contributed by atoms with E-state index in [0.29, 0.717) is 18.4 Å². The van der Waals surface area contributed by atoms with Gasteiger partial charge in [0.1, 0.15) is 0 Å². The molecule has 2 unspecified atom stereocenters. The van der Waals surface area contributed by atoms with Gasteiger partial charge in [-0.2, -0.15) is 0 Å². The second-order valence-corrected chi connectivity index (χ2v) is 5.68. The first-order valence-electron chi connectivity index (χ1n) is 6.76. The normalized spacial score (nSPS) is 29.1. The van der Waals surface area contributed by atoms with Crippen LogP contribution in [-0.2, 0) is 4.79 Å². The quantitative estimate of drug-likeness (QED) is 0.802. The van der Waals surface area contributed by atoms with Crippen molar-refractivity contribution in [1.29, 1.82) is 0 Å². The van der Waals surface area contributed by atoms with E-state index in [0.717, 1.165) is 13.0 Å². The number of nitrogens with zero attached hydrogens (tertiary/aromatic N) is 1. The van der Waals surface area contributed by atoms with Gasteiger partial charge in [0.15, 0.2) is 0 Å². The summed E-state index contributed by atoms with van der Waals surface area (Å²) in [6.45, 7) is 5.24. The molecule has 5 heteroatoms. The lowest BCUT2D eigenvalue weighted by molar-refractivity contribution is -0.142. The maximum atomic E-state index is 12.0. The third kappa shape index (κ3) is 2.44. The van der Waals surface area contributed by atoms with Gasteiger partial charge < -0.3 is 15.3 Å². The molecule has 18 heavy (non-hydrogen) atoms. The summed E-state index contributed by atoms with van der Waals surface area (Å²) in [4.78, 5) is 24.7. The minimum absolute atomic E-state index is 0.106. The van der Waals surface area contributed by atoms with E-state index in [1.807, 2.05) is 6.92 Å². The molecule has 0 bridgehead atoms. The molecule has 0 aromatic rings. The van der Waals surface area contributed by atoms with Crippen LogP contribution in [0.4, 0.5) is 4.79 Å². The van der Waals surface area contributed by atoms with Crippen molar-refractivity contribution in [3.63, 3.8) is 0 Å². The minimum atomic E-state index is -0.801. The van der Waals surface area contributed by atoms with E-state index in [9.17, 15) is 9.59 Å². The second-order valence-electron chi connectivity index (χ2n) is 5.68. The number of carbonyl (C=O) groups excluding carboxylic acids is 1. The van der Waals surface area contributed by atoms with Crippen LogP contribution in [0.5, 0.6) is 0 Å². The van der Waals surface area contributed by atoms with Crippen LogP contribution in [0, 0.1) is 11.3 Å². The maximum absolute atomic E-state index is 12.0. The molecule has 1 heterocycles. The van der Waals surface area contributed by atoms with Crippen LogP contribution in [0.25, 0.3) is 0 Å². The number of hydrogen-bond donors (Lipinski definition) is 2. The highest BCUT2D eigenvalue weighted by atomic mass is 16.4. The first-order chi connectivity index (χ1) is 8.49. The summed E-state index contributed by atoms with van der Waals surface area (Å²) in [5.41, 5.74) is 0.324. The number of amides is 2. The topological polar surface area (TPSA) is 69.6 Å². The summed E-state index contributed by atoms with van der Waals surface area (Å²) in [6.07, 6.45) is 4.04. The molecule has 2 atom stereocenters. The van der Waals surface area contributed by atoms with Gasteiger partial charge in [0.25, 0.3) is 0 Å². The molecule has 2 aliphatic rings. The Kier molecular flexibility index (Phi) is 3.50. The van der Waals surface area contributed by atoms with E-state index in [2.05, 4.69) is 12.2 Å². The lowest BCUT2D eigenvalue weighted by atomic mass is 10.0. The fourth-order valence-electron chi connectivity index (χ4n) is 2.75. The molecule has 0 aromatic carbocycles. The van der Waals surface area contributed by atoms with Gasteiger partial charge in [0, 0.05) is 19.1 Å². The number of urea groups is 1. The lowest BCUT2D eigenvalue weighted by Gasteiger charge is -2.25. The number of nitrogens with one attached hydrogen (secondary N) is 1. The van der Waals surface area contributed by atoms with Gasteiger partial charge in [-0.3, -0.25) is 4.79 Å². The number of carboxylic acids is 1. The van der Waals surface area contributed by atoms with Gasteiger partial charge in [-0.1, -0.05) is 6.92 Å². The Labute approximate surface area is 108 Å². The predicted octanol–water partition coefficient (Wildman–Crippen LogP) is 1.68.